The van der Waals surface area contributed by atoms with E-state index in [4.69, 9.17) is 9.15 Å². The molecule has 0 aliphatic carbocycles. The van der Waals surface area contributed by atoms with Crippen molar-refractivity contribution in [1.82, 2.24) is 4.90 Å². The Labute approximate surface area is 135 Å². The van der Waals surface area contributed by atoms with Crippen LogP contribution in [0, 0.1) is 0 Å². The van der Waals surface area contributed by atoms with Crippen molar-refractivity contribution in [3.05, 3.63) is 47.7 Å². The number of hydrogen-bond acceptors (Lipinski definition) is 4. The highest BCUT2D eigenvalue weighted by Crippen LogP contribution is 2.20. The number of ether oxygens (including phenoxy) is 1. The predicted octanol–water partition coefficient (Wildman–Crippen LogP) is 3.71. The van der Waals surface area contributed by atoms with E-state index in [1.165, 1.54) is 11.8 Å². The summed E-state index contributed by atoms with van der Waals surface area (Å²) in [6.45, 7) is 2.03. The highest BCUT2D eigenvalue weighted by Gasteiger charge is 2.20. The van der Waals surface area contributed by atoms with Crippen molar-refractivity contribution >= 4 is 17.7 Å². The van der Waals surface area contributed by atoms with Crippen LogP contribution in [0.2, 0.25) is 0 Å². The molecule has 1 atom stereocenters. The molecule has 0 saturated heterocycles. The third-order valence-electron chi connectivity index (χ3n) is 3.66. The first kappa shape index (κ1) is 16.5. The second kappa shape index (κ2) is 7.40. The summed E-state index contributed by atoms with van der Waals surface area (Å²) in [6, 6.07) is 11.5. The Kier molecular flexibility index (Phi) is 5.55. The lowest BCUT2D eigenvalue weighted by atomic mass is 10.1. The number of carbonyl (C=O) groups is 1. The van der Waals surface area contributed by atoms with Gasteiger partial charge < -0.3 is 14.1 Å². The summed E-state index contributed by atoms with van der Waals surface area (Å²) < 4.78 is 10.7. The van der Waals surface area contributed by atoms with E-state index in [9.17, 15) is 4.79 Å². The van der Waals surface area contributed by atoms with Crippen molar-refractivity contribution < 1.29 is 13.9 Å². The van der Waals surface area contributed by atoms with Crippen molar-refractivity contribution in [3.63, 3.8) is 0 Å². The third kappa shape index (κ3) is 3.85. The standard InChI is InChI=1S/C17H21NO3S/c1-12(11-13-5-7-14(20-3)8-6-13)18(2)17(19)15-9-10-16(21-15)22-4/h5-10,12H,11H2,1-4H3/t12-/m0/s1. The third-order valence-corrected chi connectivity index (χ3v) is 4.29. The molecule has 0 saturated carbocycles. The van der Waals surface area contributed by atoms with Gasteiger partial charge in [-0.05, 0) is 49.4 Å². The Balaban J connectivity index is 2.01. The molecule has 0 aliphatic rings. The maximum Gasteiger partial charge on any atom is 0.289 e. The van der Waals surface area contributed by atoms with Crippen LogP contribution in [0.4, 0.5) is 0 Å². The largest absolute Gasteiger partial charge is 0.497 e. The van der Waals surface area contributed by atoms with E-state index in [-0.39, 0.29) is 11.9 Å². The molecular weight excluding hydrogens is 298 g/mol. The van der Waals surface area contributed by atoms with Crippen molar-refractivity contribution in [1.29, 1.82) is 0 Å². The van der Waals surface area contributed by atoms with Crippen LogP contribution in [-0.4, -0.2) is 37.3 Å². The van der Waals surface area contributed by atoms with Crippen LogP contribution < -0.4 is 4.74 Å². The summed E-state index contributed by atoms with van der Waals surface area (Å²) in [6.07, 6.45) is 2.70. The molecule has 0 unspecified atom stereocenters. The van der Waals surface area contributed by atoms with Crippen LogP contribution in [0.25, 0.3) is 0 Å². The highest BCUT2D eigenvalue weighted by atomic mass is 32.2. The Morgan fingerprint density at radius 3 is 2.50 bits per heavy atom. The first-order valence-corrected chi connectivity index (χ1v) is 8.31. The van der Waals surface area contributed by atoms with Gasteiger partial charge in [0.2, 0.25) is 0 Å². The van der Waals surface area contributed by atoms with Gasteiger partial charge in [-0.2, -0.15) is 0 Å². The molecule has 0 spiro atoms. The van der Waals surface area contributed by atoms with E-state index in [0.717, 1.165) is 22.8 Å². The maximum absolute atomic E-state index is 12.4. The quantitative estimate of drug-likeness (QED) is 0.761. The van der Waals surface area contributed by atoms with Crippen LogP contribution in [0.1, 0.15) is 23.0 Å². The predicted molar refractivity (Wildman–Crippen MR) is 88.7 cm³/mol. The molecule has 22 heavy (non-hydrogen) atoms. The zero-order chi connectivity index (χ0) is 16.1. The van der Waals surface area contributed by atoms with Gasteiger partial charge in [0.25, 0.3) is 5.91 Å². The fourth-order valence-corrected chi connectivity index (χ4v) is 2.54. The van der Waals surface area contributed by atoms with E-state index >= 15 is 0 Å². The molecule has 0 N–H and O–H groups in total. The summed E-state index contributed by atoms with van der Waals surface area (Å²) in [4.78, 5) is 14.1. The molecule has 0 aliphatic heterocycles. The summed E-state index contributed by atoms with van der Waals surface area (Å²) in [5.74, 6) is 1.12. The Hall–Kier alpha value is -1.88. The van der Waals surface area contributed by atoms with Crippen molar-refractivity contribution in [2.75, 3.05) is 20.4 Å². The molecule has 2 rings (SSSR count). The fourth-order valence-electron chi connectivity index (χ4n) is 2.16. The van der Waals surface area contributed by atoms with Gasteiger partial charge in [-0.3, -0.25) is 4.79 Å². The van der Waals surface area contributed by atoms with Crippen LogP contribution in [0.5, 0.6) is 5.75 Å². The van der Waals surface area contributed by atoms with Gasteiger partial charge in [-0.25, -0.2) is 0 Å². The Morgan fingerprint density at radius 2 is 1.95 bits per heavy atom. The van der Waals surface area contributed by atoms with E-state index in [0.29, 0.717) is 5.76 Å². The lowest BCUT2D eigenvalue weighted by Crippen LogP contribution is -2.36. The molecule has 0 fully saturated rings. The van der Waals surface area contributed by atoms with Crippen molar-refractivity contribution in [3.8, 4) is 5.75 Å². The summed E-state index contributed by atoms with van der Waals surface area (Å²) in [5, 5.41) is 0.750. The zero-order valence-corrected chi connectivity index (χ0v) is 14.1. The monoisotopic (exact) mass is 319 g/mol. The lowest BCUT2D eigenvalue weighted by molar-refractivity contribution is 0.0706. The van der Waals surface area contributed by atoms with Gasteiger partial charge >= 0.3 is 0 Å². The number of nitrogens with zero attached hydrogens (tertiary/aromatic N) is 1. The number of benzene rings is 1. The number of hydrogen-bond donors (Lipinski definition) is 0. The van der Waals surface area contributed by atoms with Gasteiger partial charge in [0, 0.05) is 13.1 Å². The number of rotatable bonds is 6. The number of carbonyl (C=O) groups excluding carboxylic acids is 1. The first-order valence-electron chi connectivity index (χ1n) is 7.09. The minimum absolute atomic E-state index is 0.0729. The highest BCUT2D eigenvalue weighted by molar-refractivity contribution is 7.98. The van der Waals surface area contributed by atoms with Gasteiger partial charge in [-0.15, -0.1) is 0 Å². The molecule has 5 heteroatoms. The number of furan rings is 1. The average molecular weight is 319 g/mol. The van der Waals surface area contributed by atoms with Gasteiger partial charge in [-0.1, -0.05) is 23.9 Å². The molecule has 1 amide bonds. The van der Waals surface area contributed by atoms with Crippen LogP contribution in [-0.2, 0) is 6.42 Å². The second-order valence-electron chi connectivity index (χ2n) is 5.14. The molecule has 0 radical (unpaired) electrons. The number of methoxy groups -OCH3 is 1. The normalized spacial score (nSPS) is 12.0. The minimum Gasteiger partial charge on any atom is -0.497 e. The number of amides is 1. The molecule has 4 nitrogen and oxygen atoms in total. The van der Waals surface area contributed by atoms with Gasteiger partial charge in [0.1, 0.15) is 5.75 Å². The maximum atomic E-state index is 12.4. The average Bonchev–Trinajstić information content (AvgIpc) is 3.03. The molecule has 1 aromatic heterocycles. The van der Waals surface area contributed by atoms with Crippen molar-refractivity contribution in [2.45, 2.75) is 24.5 Å². The van der Waals surface area contributed by atoms with Crippen LogP contribution >= 0.6 is 11.8 Å². The molecule has 1 aromatic carbocycles. The van der Waals surface area contributed by atoms with Gasteiger partial charge in [0.15, 0.2) is 10.9 Å². The van der Waals surface area contributed by atoms with E-state index < -0.39 is 0 Å². The summed E-state index contributed by atoms with van der Waals surface area (Å²) in [7, 11) is 3.45. The number of likely N-dealkylation sites (N-methyl/N-ethyl adjacent to an activating group) is 1. The summed E-state index contributed by atoms with van der Waals surface area (Å²) in [5.41, 5.74) is 1.16. The van der Waals surface area contributed by atoms with E-state index in [1.54, 1.807) is 25.1 Å². The van der Waals surface area contributed by atoms with E-state index in [1.807, 2.05) is 43.5 Å². The zero-order valence-electron chi connectivity index (χ0n) is 13.3. The topological polar surface area (TPSA) is 42.7 Å². The van der Waals surface area contributed by atoms with Crippen LogP contribution in [0.3, 0.4) is 0 Å². The van der Waals surface area contributed by atoms with Gasteiger partial charge in [0.05, 0.1) is 7.11 Å². The number of thioether (sulfide) groups is 1. The first-order chi connectivity index (χ1) is 10.5. The molecule has 2 aromatic rings. The van der Waals surface area contributed by atoms with E-state index in [2.05, 4.69) is 0 Å². The molecule has 0 bridgehead atoms. The minimum atomic E-state index is -0.0960. The fraction of sp³-hybridized carbons (Fsp3) is 0.353. The van der Waals surface area contributed by atoms with Crippen LogP contribution in [0.15, 0.2) is 45.9 Å². The molecular formula is C17H21NO3S. The SMILES string of the molecule is COc1ccc(C[C@H](C)N(C)C(=O)c2ccc(SC)o2)cc1. The molecule has 118 valence electrons. The summed E-state index contributed by atoms with van der Waals surface area (Å²) >= 11 is 1.48. The Morgan fingerprint density at radius 1 is 1.27 bits per heavy atom. The Bertz CT molecular complexity index is 621. The molecule has 1 heterocycles. The van der Waals surface area contributed by atoms with Crippen molar-refractivity contribution in [2.24, 2.45) is 0 Å². The lowest BCUT2D eigenvalue weighted by Gasteiger charge is -2.24. The smallest absolute Gasteiger partial charge is 0.289 e. The second-order valence-corrected chi connectivity index (χ2v) is 5.95.